The number of halogens is 1. The zero-order valence-corrected chi connectivity index (χ0v) is 16.6. The van der Waals surface area contributed by atoms with Crippen LogP contribution in [0.5, 0.6) is 0 Å². The summed E-state index contributed by atoms with van der Waals surface area (Å²) in [4.78, 5) is 29.3. The molecule has 0 unspecified atom stereocenters. The number of imidazole rings is 1. The Bertz CT molecular complexity index is 1030. The van der Waals surface area contributed by atoms with Gasteiger partial charge in [0.25, 0.3) is 11.8 Å². The number of aromatic nitrogens is 2. The van der Waals surface area contributed by atoms with E-state index >= 15 is 0 Å². The van der Waals surface area contributed by atoms with Gasteiger partial charge in [0.15, 0.2) is 0 Å². The fraction of sp³-hybridized carbons (Fsp3) is 0.174. The Labute approximate surface area is 174 Å². The van der Waals surface area contributed by atoms with Crippen LogP contribution in [-0.2, 0) is 11.3 Å². The van der Waals surface area contributed by atoms with Crippen molar-refractivity contribution in [3.05, 3.63) is 95.5 Å². The maximum Gasteiger partial charge on any atom is 0.267 e. The Morgan fingerprint density at radius 3 is 2.60 bits per heavy atom. The number of hydrogen-bond donors (Lipinski definition) is 2. The molecule has 0 fully saturated rings. The number of nitrogens with zero attached hydrogens (tertiary/aromatic N) is 2. The molecule has 0 spiro atoms. The van der Waals surface area contributed by atoms with E-state index in [1.807, 2.05) is 29.8 Å². The molecule has 0 saturated heterocycles. The van der Waals surface area contributed by atoms with Gasteiger partial charge in [0.2, 0.25) is 0 Å². The van der Waals surface area contributed by atoms with E-state index in [1.165, 1.54) is 12.1 Å². The lowest BCUT2D eigenvalue weighted by atomic mass is 10.1. The van der Waals surface area contributed by atoms with Crippen LogP contribution in [-0.4, -0.2) is 27.9 Å². The molecular weight excluding hydrogens is 383 g/mol. The van der Waals surface area contributed by atoms with Gasteiger partial charge in [-0.15, -0.1) is 0 Å². The lowest BCUT2D eigenvalue weighted by Crippen LogP contribution is -2.35. The molecule has 2 aromatic carbocycles. The van der Waals surface area contributed by atoms with E-state index in [4.69, 9.17) is 0 Å². The molecule has 6 nitrogen and oxygen atoms in total. The lowest BCUT2D eigenvalue weighted by Gasteiger charge is -2.12. The van der Waals surface area contributed by atoms with Crippen molar-refractivity contribution in [1.29, 1.82) is 0 Å². The van der Waals surface area contributed by atoms with E-state index in [-0.39, 0.29) is 11.3 Å². The first kappa shape index (κ1) is 21.0. The van der Waals surface area contributed by atoms with Gasteiger partial charge in [-0.3, -0.25) is 9.59 Å². The van der Waals surface area contributed by atoms with Gasteiger partial charge in [-0.1, -0.05) is 35.9 Å². The predicted octanol–water partition coefficient (Wildman–Crippen LogP) is 3.31. The van der Waals surface area contributed by atoms with Crippen LogP contribution in [0.2, 0.25) is 0 Å². The van der Waals surface area contributed by atoms with Crippen LogP contribution in [0.15, 0.2) is 72.9 Å². The molecule has 0 atom stereocenters. The van der Waals surface area contributed by atoms with Gasteiger partial charge in [0.05, 0.1) is 6.33 Å². The molecule has 30 heavy (non-hydrogen) atoms. The first-order valence-electron chi connectivity index (χ1n) is 9.61. The molecule has 7 heteroatoms. The van der Waals surface area contributed by atoms with Crippen molar-refractivity contribution in [3.8, 4) is 0 Å². The fourth-order valence-electron chi connectivity index (χ4n) is 2.78. The average molecular weight is 406 g/mol. The summed E-state index contributed by atoms with van der Waals surface area (Å²) in [6, 6.07) is 13.0. The molecule has 0 aliphatic carbocycles. The minimum atomic E-state index is -0.482. The maximum absolute atomic E-state index is 14.1. The summed E-state index contributed by atoms with van der Waals surface area (Å²) in [5.74, 6) is -1.40. The number of aryl methyl sites for hydroxylation is 2. The zero-order chi connectivity index (χ0) is 21.3. The van der Waals surface area contributed by atoms with Gasteiger partial charge in [0, 0.05) is 36.6 Å². The molecular formula is C23H23FN4O2. The maximum atomic E-state index is 14.1. The Balaban J connectivity index is 1.71. The van der Waals surface area contributed by atoms with Crippen LogP contribution < -0.4 is 10.6 Å². The van der Waals surface area contributed by atoms with E-state index in [1.54, 1.807) is 42.9 Å². The van der Waals surface area contributed by atoms with E-state index in [2.05, 4.69) is 15.6 Å². The number of benzene rings is 2. The number of amides is 2. The van der Waals surface area contributed by atoms with Crippen molar-refractivity contribution in [2.75, 3.05) is 6.54 Å². The number of rotatable bonds is 8. The molecule has 2 amide bonds. The van der Waals surface area contributed by atoms with Crippen LogP contribution in [0.3, 0.4) is 0 Å². The van der Waals surface area contributed by atoms with Crippen molar-refractivity contribution in [3.63, 3.8) is 0 Å². The van der Waals surface area contributed by atoms with Gasteiger partial charge in [-0.2, -0.15) is 0 Å². The molecule has 1 aromatic heterocycles. The number of carbonyl (C=O) groups is 2. The molecule has 0 aliphatic heterocycles. The molecule has 0 bridgehead atoms. The second-order valence-corrected chi connectivity index (χ2v) is 6.81. The van der Waals surface area contributed by atoms with Crippen molar-refractivity contribution < 1.29 is 14.0 Å². The number of carbonyl (C=O) groups excluding carboxylic acids is 2. The number of hydrogen-bond acceptors (Lipinski definition) is 3. The summed E-state index contributed by atoms with van der Waals surface area (Å²) >= 11 is 0. The Morgan fingerprint density at radius 1 is 1.13 bits per heavy atom. The van der Waals surface area contributed by atoms with Gasteiger partial charge < -0.3 is 15.2 Å². The summed E-state index contributed by atoms with van der Waals surface area (Å²) in [5, 5.41) is 5.38. The quantitative estimate of drug-likeness (QED) is 0.445. The van der Waals surface area contributed by atoms with Crippen molar-refractivity contribution in [1.82, 2.24) is 20.2 Å². The highest BCUT2D eigenvalue weighted by atomic mass is 19.1. The van der Waals surface area contributed by atoms with Crippen molar-refractivity contribution in [2.24, 2.45) is 0 Å². The normalized spacial score (nSPS) is 11.2. The van der Waals surface area contributed by atoms with Crippen molar-refractivity contribution >= 4 is 17.9 Å². The van der Waals surface area contributed by atoms with Gasteiger partial charge in [-0.05, 0) is 37.6 Å². The standard InChI is InChI=1S/C23H23FN4O2/c1-17-7-9-18(10-8-17)22(29)27-21(15-19-5-2-3-6-20(19)24)23(30)26-11-4-13-28-14-12-25-16-28/h2-3,5-10,12,14-16H,4,11,13H2,1H3,(H,26,30)(H,27,29)/b21-15+. The summed E-state index contributed by atoms with van der Waals surface area (Å²) in [7, 11) is 0. The molecule has 154 valence electrons. The third kappa shape index (κ3) is 5.88. The monoisotopic (exact) mass is 406 g/mol. The zero-order valence-electron chi connectivity index (χ0n) is 16.6. The second kappa shape index (κ2) is 10.2. The molecule has 0 aliphatic rings. The second-order valence-electron chi connectivity index (χ2n) is 6.81. The topological polar surface area (TPSA) is 76.0 Å². The minimum absolute atomic E-state index is 0.0201. The van der Waals surface area contributed by atoms with E-state index in [0.717, 1.165) is 5.56 Å². The molecule has 3 rings (SSSR count). The summed E-state index contributed by atoms with van der Waals surface area (Å²) in [6.07, 6.45) is 7.25. The number of nitrogens with one attached hydrogen (secondary N) is 2. The van der Waals surface area contributed by atoms with Gasteiger partial charge >= 0.3 is 0 Å². The van der Waals surface area contributed by atoms with Crippen LogP contribution in [0.25, 0.3) is 6.08 Å². The van der Waals surface area contributed by atoms with Crippen molar-refractivity contribution in [2.45, 2.75) is 19.9 Å². The smallest absolute Gasteiger partial charge is 0.267 e. The third-order valence-electron chi connectivity index (χ3n) is 4.45. The minimum Gasteiger partial charge on any atom is -0.351 e. The molecule has 3 aromatic rings. The van der Waals surface area contributed by atoms with E-state index in [9.17, 15) is 14.0 Å². The largest absolute Gasteiger partial charge is 0.351 e. The molecule has 1 heterocycles. The summed E-state index contributed by atoms with van der Waals surface area (Å²) in [5.41, 5.74) is 1.62. The highest BCUT2D eigenvalue weighted by Crippen LogP contribution is 2.12. The Hall–Kier alpha value is -3.74. The van der Waals surface area contributed by atoms with Crippen LogP contribution in [0.4, 0.5) is 4.39 Å². The molecule has 2 N–H and O–H groups in total. The fourth-order valence-corrected chi connectivity index (χ4v) is 2.78. The summed E-state index contributed by atoms with van der Waals surface area (Å²) < 4.78 is 16.0. The van der Waals surface area contributed by atoms with Crippen LogP contribution in [0.1, 0.15) is 27.9 Å². The SMILES string of the molecule is Cc1ccc(C(=O)N/C(=C/c2ccccc2F)C(=O)NCCCn2ccnc2)cc1. The van der Waals surface area contributed by atoms with Gasteiger partial charge in [-0.25, -0.2) is 9.37 Å². The van der Waals surface area contributed by atoms with Gasteiger partial charge in [0.1, 0.15) is 11.5 Å². The van der Waals surface area contributed by atoms with Crippen LogP contribution >= 0.6 is 0 Å². The first-order valence-corrected chi connectivity index (χ1v) is 9.61. The first-order chi connectivity index (χ1) is 14.5. The Kier molecular flexibility index (Phi) is 7.10. The predicted molar refractivity (Wildman–Crippen MR) is 113 cm³/mol. The van der Waals surface area contributed by atoms with E-state index in [0.29, 0.717) is 25.1 Å². The van der Waals surface area contributed by atoms with E-state index < -0.39 is 17.6 Å². The third-order valence-corrected chi connectivity index (χ3v) is 4.45. The molecule has 0 radical (unpaired) electrons. The summed E-state index contributed by atoms with van der Waals surface area (Å²) in [6.45, 7) is 3.01. The lowest BCUT2D eigenvalue weighted by molar-refractivity contribution is -0.117. The van der Waals surface area contributed by atoms with Crippen LogP contribution in [0, 0.1) is 12.7 Å². The highest BCUT2D eigenvalue weighted by molar-refractivity contribution is 6.05. The Morgan fingerprint density at radius 2 is 1.90 bits per heavy atom. The average Bonchev–Trinajstić information content (AvgIpc) is 3.26. The highest BCUT2D eigenvalue weighted by Gasteiger charge is 2.15. The molecule has 0 saturated carbocycles.